The third-order valence-corrected chi connectivity index (χ3v) is 3.22. The van der Waals surface area contributed by atoms with Crippen LogP contribution in [0.3, 0.4) is 0 Å². The van der Waals surface area contributed by atoms with Gasteiger partial charge >= 0.3 is 29.0 Å². The summed E-state index contributed by atoms with van der Waals surface area (Å²) in [5, 5.41) is 35.5. The van der Waals surface area contributed by atoms with Crippen LogP contribution in [0.25, 0.3) is 6.20 Å². The minimum Gasteiger partial charge on any atom is -0.478 e. The minimum atomic E-state index is -1.43. The molecule has 4 N–H and O–H groups in total. The third-order valence-electron chi connectivity index (χ3n) is 3.22. The maximum absolute atomic E-state index is 12.4. The number of carbonyl (C=O) groups is 2. The number of carbonyl (C=O) groups excluding carboxylic acids is 1. The lowest BCUT2D eigenvalue weighted by atomic mass is 10.2. The van der Waals surface area contributed by atoms with Gasteiger partial charge in [-0.05, 0) is 6.08 Å². The third kappa shape index (κ3) is 5.60. The maximum atomic E-state index is 12.4. The lowest BCUT2D eigenvalue weighted by molar-refractivity contribution is -0.139. The first-order valence-electron chi connectivity index (χ1n) is 7.87. The van der Waals surface area contributed by atoms with Crippen LogP contribution in [0.2, 0.25) is 0 Å². The van der Waals surface area contributed by atoms with Crippen LogP contribution in [0.5, 0.6) is 0 Å². The molecule has 28 heavy (non-hydrogen) atoms. The van der Waals surface area contributed by atoms with Crippen molar-refractivity contribution in [3.8, 4) is 0 Å². The molecule has 0 unspecified atom stereocenters. The fourth-order valence-corrected chi connectivity index (χ4v) is 2.03. The zero-order valence-electron chi connectivity index (χ0n) is 14.6. The van der Waals surface area contributed by atoms with E-state index in [1.54, 1.807) is 0 Å². The minimum absolute atomic E-state index is 0.342. The number of carboxylic acid groups (broad SMARTS) is 1. The van der Waals surface area contributed by atoms with Gasteiger partial charge in [0.05, 0.1) is 38.5 Å². The van der Waals surface area contributed by atoms with Gasteiger partial charge in [0.1, 0.15) is 6.61 Å². The van der Waals surface area contributed by atoms with Gasteiger partial charge in [0.15, 0.2) is 0 Å². The Bertz CT molecular complexity index is 906. The quantitative estimate of drug-likeness (QED) is 0.172. The van der Waals surface area contributed by atoms with Crippen molar-refractivity contribution in [1.29, 1.82) is 0 Å². The van der Waals surface area contributed by atoms with Crippen molar-refractivity contribution in [3.63, 3.8) is 0 Å². The maximum Gasteiger partial charge on any atom is 0.340 e. The molecule has 0 amide bonds. The number of hydrogen-bond acceptors (Lipinski definition) is 9. The highest BCUT2D eigenvalue weighted by atomic mass is 16.5. The molecule has 1 heterocycles. The number of aliphatic hydroxyl groups excluding tert-OH is 3. The second kappa shape index (κ2) is 10.8. The number of carboxylic acids is 1. The normalized spacial score (nSPS) is 11.8. The predicted molar refractivity (Wildman–Crippen MR) is 92.5 cm³/mol. The number of aromatic nitrogens is 3. The van der Waals surface area contributed by atoms with Crippen LogP contribution >= 0.6 is 0 Å². The Morgan fingerprint density at radius 1 is 0.857 bits per heavy atom. The molecule has 13 nitrogen and oxygen atoms in total. The molecule has 0 aliphatic carbocycles. The Hall–Kier alpha value is -3.29. The van der Waals surface area contributed by atoms with Gasteiger partial charge in [-0.3, -0.25) is 0 Å². The van der Waals surface area contributed by atoms with Gasteiger partial charge in [-0.1, -0.05) is 0 Å². The van der Waals surface area contributed by atoms with E-state index >= 15 is 0 Å². The Balaban J connectivity index is 3.73. The van der Waals surface area contributed by atoms with Crippen LogP contribution in [0.4, 0.5) is 0 Å². The lowest BCUT2D eigenvalue weighted by Gasteiger charge is -2.11. The van der Waals surface area contributed by atoms with Crippen molar-refractivity contribution in [2.75, 3.05) is 26.4 Å². The van der Waals surface area contributed by atoms with Gasteiger partial charge in [-0.25, -0.2) is 37.7 Å². The molecular formula is C15H19N3O10. The van der Waals surface area contributed by atoms with Gasteiger partial charge in [0.25, 0.3) is 0 Å². The second-order valence-corrected chi connectivity index (χ2v) is 5.08. The van der Waals surface area contributed by atoms with E-state index in [0.29, 0.717) is 26.0 Å². The SMILES string of the molecule is O=C(O)C=CC(=Cn1c(=O)n(CCO)c(=O)n(CCO)c1=O)C(=O)OCCO. The van der Waals surface area contributed by atoms with E-state index in [0.717, 1.165) is 6.08 Å². The number of esters is 1. The monoisotopic (exact) mass is 401 g/mol. The lowest BCUT2D eigenvalue weighted by Crippen LogP contribution is -2.54. The average Bonchev–Trinajstić information content (AvgIpc) is 2.66. The van der Waals surface area contributed by atoms with E-state index in [9.17, 15) is 24.0 Å². The number of rotatable bonds is 10. The van der Waals surface area contributed by atoms with E-state index in [1.165, 1.54) is 0 Å². The average molecular weight is 401 g/mol. The number of nitrogens with zero attached hydrogens (tertiary/aromatic N) is 3. The molecule has 0 spiro atoms. The largest absolute Gasteiger partial charge is 0.478 e. The summed E-state index contributed by atoms with van der Waals surface area (Å²) in [6.07, 6.45) is 1.96. The highest BCUT2D eigenvalue weighted by Crippen LogP contribution is 2.02. The summed E-state index contributed by atoms with van der Waals surface area (Å²) in [6, 6.07) is 0. The summed E-state index contributed by atoms with van der Waals surface area (Å²) >= 11 is 0. The van der Waals surface area contributed by atoms with Gasteiger partial charge in [0.2, 0.25) is 0 Å². The summed E-state index contributed by atoms with van der Waals surface area (Å²) in [4.78, 5) is 59.8. The zero-order valence-corrected chi connectivity index (χ0v) is 14.6. The van der Waals surface area contributed by atoms with Crippen LogP contribution < -0.4 is 17.1 Å². The van der Waals surface area contributed by atoms with Crippen LogP contribution in [0.15, 0.2) is 32.1 Å². The van der Waals surface area contributed by atoms with Gasteiger partial charge in [-0.15, -0.1) is 0 Å². The van der Waals surface area contributed by atoms with Gasteiger partial charge in [0, 0.05) is 12.3 Å². The first kappa shape index (κ1) is 22.8. The van der Waals surface area contributed by atoms with Crippen molar-refractivity contribution in [1.82, 2.24) is 13.7 Å². The van der Waals surface area contributed by atoms with Gasteiger partial charge < -0.3 is 25.2 Å². The molecule has 0 radical (unpaired) electrons. The Morgan fingerprint density at radius 2 is 1.39 bits per heavy atom. The fraction of sp³-hybridized carbons (Fsp3) is 0.400. The molecule has 0 bridgehead atoms. The molecule has 1 aromatic heterocycles. The number of aliphatic hydroxyl groups is 3. The molecule has 0 fully saturated rings. The predicted octanol–water partition coefficient (Wildman–Crippen LogP) is -3.83. The Kier molecular flexibility index (Phi) is 8.74. The van der Waals surface area contributed by atoms with E-state index in [1.807, 2.05) is 0 Å². The van der Waals surface area contributed by atoms with Crippen LogP contribution in [0, 0.1) is 0 Å². The highest BCUT2D eigenvalue weighted by molar-refractivity contribution is 5.96. The molecule has 0 aromatic carbocycles. The van der Waals surface area contributed by atoms with Crippen molar-refractivity contribution in [2.45, 2.75) is 13.1 Å². The topological polar surface area (TPSA) is 190 Å². The van der Waals surface area contributed by atoms with Gasteiger partial charge in [-0.2, -0.15) is 0 Å². The van der Waals surface area contributed by atoms with E-state index < -0.39 is 74.1 Å². The first-order chi connectivity index (χ1) is 13.3. The van der Waals surface area contributed by atoms with E-state index in [-0.39, 0.29) is 0 Å². The fourth-order valence-electron chi connectivity index (χ4n) is 2.03. The molecule has 1 rings (SSSR count). The number of aliphatic carboxylic acids is 1. The second-order valence-electron chi connectivity index (χ2n) is 5.08. The Morgan fingerprint density at radius 3 is 1.82 bits per heavy atom. The molecule has 0 atom stereocenters. The van der Waals surface area contributed by atoms with Crippen LogP contribution in [-0.2, 0) is 27.4 Å². The summed E-state index contributed by atoms with van der Waals surface area (Å²) in [7, 11) is 0. The molecule has 154 valence electrons. The number of ether oxygens (including phenoxy) is 1. The molecular weight excluding hydrogens is 382 g/mol. The van der Waals surface area contributed by atoms with Crippen molar-refractivity contribution in [3.05, 3.63) is 49.2 Å². The molecule has 0 saturated carbocycles. The zero-order chi connectivity index (χ0) is 21.3. The summed E-state index contributed by atoms with van der Waals surface area (Å²) in [6.45, 7) is -3.10. The van der Waals surface area contributed by atoms with Crippen molar-refractivity contribution < 1.29 is 34.8 Å². The molecule has 0 aliphatic heterocycles. The van der Waals surface area contributed by atoms with E-state index in [4.69, 9.17) is 20.4 Å². The van der Waals surface area contributed by atoms with Crippen molar-refractivity contribution in [2.24, 2.45) is 0 Å². The van der Waals surface area contributed by atoms with Crippen LogP contribution in [-0.4, -0.2) is 72.5 Å². The highest BCUT2D eigenvalue weighted by Gasteiger charge is 2.16. The summed E-state index contributed by atoms with van der Waals surface area (Å²) in [5.74, 6) is -2.58. The summed E-state index contributed by atoms with van der Waals surface area (Å²) in [5.41, 5.74) is -4.02. The van der Waals surface area contributed by atoms with Crippen molar-refractivity contribution >= 4 is 18.1 Å². The molecule has 13 heteroatoms. The standard InChI is InChI=1S/C15H19N3O10/c19-5-3-16-13(25)17(4-6-20)15(27)18(14(16)26)9-10(1-2-11(22)23)12(24)28-8-7-21/h1-2,9,19-21H,3-8H2,(H,22,23). The van der Waals surface area contributed by atoms with E-state index in [2.05, 4.69) is 4.74 Å². The molecule has 0 aliphatic rings. The first-order valence-corrected chi connectivity index (χ1v) is 7.87. The molecule has 0 saturated heterocycles. The summed E-state index contributed by atoms with van der Waals surface area (Å²) < 4.78 is 5.99. The smallest absolute Gasteiger partial charge is 0.340 e. The molecule has 1 aromatic rings. The Labute approximate surface area is 156 Å². The van der Waals surface area contributed by atoms with Crippen LogP contribution in [0.1, 0.15) is 0 Å². The number of hydrogen-bond donors (Lipinski definition) is 4.